The van der Waals surface area contributed by atoms with Crippen LogP contribution in [0.25, 0.3) is 4.96 Å². The molecule has 0 saturated carbocycles. The summed E-state index contributed by atoms with van der Waals surface area (Å²) in [6, 6.07) is 13.9. The molecule has 2 N–H and O–H groups in total. The number of rotatable bonds is 8. The van der Waals surface area contributed by atoms with Gasteiger partial charge in [-0.1, -0.05) is 36.8 Å². The van der Waals surface area contributed by atoms with Crippen LogP contribution in [0.4, 0.5) is 11.4 Å². The van der Waals surface area contributed by atoms with Gasteiger partial charge in [0.1, 0.15) is 16.3 Å². The van der Waals surface area contributed by atoms with Gasteiger partial charge in [-0.25, -0.2) is 9.38 Å². The van der Waals surface area contributed by atoms with Crippen molar-refractivity contribution in [3.8, 4) is 5.75 Å². The highest BCUT2D eigenvalue weighted by atomic mass is 32.1. The van der Waals surface area contributed by atoms with Gasteiger partial charge in [0.25, 0.3) is 17.4 Å². The highest BCUT2D eigenvalue weighted by molar-refractivity contribution is 7.19. The molecule has 0 saturated heterocycles. The molecule has 2 aromatic heterocycles. The topological polar surface area (TPSA) is 102 Å². The predicted molar refractivity (Wildman–Crippen MR) is 143 cm³/mol. The van der Waals surface area contributed by atoms with Gasteiger partial charge in [0, 0.05) is 23.1 Å². The average Bonchev–Trinajstić information content (AvgIpc) is 3.23. The zero-order chi connectivity index (χ0) is 25.8. The molecule has 2 heterocycles. The normalized spacial score (nSPS) is 10.9. The smallest absolute Gasteiger partial charge is 0.274 e. The number of hydrogen-bond donors (Lipinski definition) is 2. The van der Waals surface area contributed by atoms with Gasteiger partial charge in [0.05, 0.1) is 6.61 Å². The highest BCUT2D eigenvalue weighted by Gasteiger charge is 2.26. The van der Waals surface area contributed by atoms with Gasteiger partial charge in [-0.2, -0.15) is 0 Å². The maximum absolute atomic E-state index is 13.4. The molecule has 36 heavy (non-hydrogen) atoms. The molecule has 2 amide bonds. The number of anilines is 2. The van der Waals surface area contributed by atoms with Crippen molar-refractivity contribution >= 4 is 39.5 Å². The fraction of sp³-hybridized carbons (Fsp3) is 0.259. The van der Waals surface area contributed by atoms with E-state index < -0.39 is 17.4 Å². The highest BCUT2D eigenvalue weighted by Crippen LogP contribution is 2.26. The molecule has 0 aliphatic rings. The molecule has 0 radical (unpaired) electrons. The number of ether oxygens (including phenoxy) is 1. The monoisotopic (exact) mass is 504 g/mol. The summed E-state index contributed by atoms with van der Waals surface area (Å²) in [6.07, 6.45) is 1.99. The molecule has 2 aromatic carbocycles. The summed E-state index contributed by atoms with van der Waals surface area (Å²) >= 11 is 1.00. The lowest BCUT2D eigenvalue weighted by Crippen LogP contribution is -2.25. The van der Waals surface area contributed by atoms with Crippen molar-refractivity contribution in [1.82, 2.24) is 9.38 Å². The Labute approximate surface area is 213 Å². The number of fused-ring (bicyclic) bond motifs is 1. The van der Waals surface area contributed by atoms with Gasteiger partial charge in [0.2, 0.25) is 0 Å². The van der Waals surface area contributed by atoms with Crippen molar-refractivity contribution in [2.24, 2.45) is 0 Å². The maximum atomic E-state index is 13.4. The number of aromatic nitrogens is 2. The summed E-state index contributed by atoms with van der Waals surface area (Å²) in [5.74, 6) is -0.368. The van der Waals surface area contributed by atoms with Crippen LogP contribution >= 0.6 is 11.3 Å². The molecule has 0 fully saturated rings. The second kappa shape index (κ2) is 10.7. The Bertz CT molecular complexity index is 1490. The molecular formula is C27H28N4O4S. The predicted octanol–water partition coefficient (Wildman–Crippen LogP) is 5.36. The van der Waals surface area contributed by atoms with Crippen LogP contribution in [-0.2, 0) is 0 Å². The molecule has 186 valence electrons. The zero-order valence-electron chi connectivity index (χ0n) is 20.7. The Morgan fingerprint density at radius 1 is 1.03 bits per heavy atom. The second-order valence-corrected chi connectivity index (χ2v) is 9.49. The number of unbranched alkanes of at least 4 members (excludes halogenated alkanes) is 1. The lowest BCUT2D eigenvalue weighted by Gasteiger charge is -2.11. The van der Waals surface area contributed by atoms with E-state index in [-0.39, 0.29) is 15.5 Å². The van der Waals surface area contributed by atoms with Crippen LogP contribution < -0.4 is 20.9 Å². The van der Waals surface area contributed by atoms with Crippen molar-refractivity contribution < 1.29 is 14.3 Å². The first kappa shape index (κ1) is 25.1. The third kappa shape index (κ3) is 5.31. The Morgan fingerprint density at radius 3 is 2.50 bits per heavy atom. The molecule has 0 bridgehead atoms. The first-order valence-corrected chi connectivity index (χ1v) is 12.5. The van der Waals surface area contributed by atoms with Crippen molar-refractivity contribution in [2.45, 2.75) is 40.5 Å². The van der Waals surface area contributed by atoms with Crippen molar-refractivity contribution in [2.75, 3.05) is 17.2 Å². The number of nitrogens with zero attached hydrogens (tertiary/aromatic N) is 2. The summed E-state index contributed by atoms with van der Waals surface area (Å²) in [5.41, 5.74) is 3.12. The third-order valence-electron chi connectivity index (χ3n) is 5.80. The fourth-order valence-corrected chi connectivity index (χ4v) is 4.74. The molecular weight excluding hydrogens is 476 g/mol. The minimum absolute atomic E-state index is 0.0569. The van der Waals surface area contributed by atoms with Crippen LogP contribution in [-0.4, -0.2) is 27.8 Å². The summed E-state index contributed by atoms with van der Waals surface area (Å²) in [6.45, 7) is 8.28. The molecule has 0 aliphatic heterocycles. The largest absolute Gasteiger partial charge is 0.494 e. The van der Waals surface area contributed by atoms with E-state index in [0.29, 0.717) is 29.4 Å². The van der Waals surface area contributed by atoms with Gasteiger partial charge in [-0.15, -0.1) is 0 Å². The molecule has 9 heteroatoms. The van der Waals surface area contributed by atoms with E-state index in [9.17, 15) is 14.4 Å². The van der Waals surface area contributed by atoms with E-state index in [2.05, 4.69) is 22.5 Å². The van der Waals surface area contributed by atoms with Gasteiger partial charge in [-0.3, -0.25) is 14.4 Å². The zero-order valence-corrected chi connectivity index (χ0v) is 21.5. The number of aryl methyl sites for hydroxylation is 2. The molecule has 8 nitrogen and oxygen atoms in total. The van der Waals surface area contributed by atoms with Crippen LogP contribution in [0, 0.1) is 20.8 Å². The van der Waals surface area contributed by atoms with Gasteiger partial charge in [0.15, 0.2) is 4.96 Å². The van der Waals surface area contributed by atoms with Gasteiger partial charge >= 0.3 is 0 Å². The van der Waals surface area contributed by atoms with Gasteiger partial charge < -0.3 is 15.4 Å². The van der Waals surface area contributed by atoms with E-state index in [1.165, 1.54) is 10.5 Å². The number of nitrogens with one attached hydrogen (secondary N) is 2. The minimum atomic E-state index is -0.584. The molecule has 0 aliphatic carbocycles. The fourth-order valence-electron chi connectivity index (χ4n) is 3.67. The third-order valence-corrected chi connectivity index (χ3v) is 6.84. The van der Waals surface area contributed by atoms with Crippen LogP contribution in [0.5, 0.6) is 5.75 Å². The number of hydrogen-bond acceptors (Lipinski definition) is 6. The first-order valence-electron chi connectivity index (χ1n) is 11.7. The van der Waals surface area contributed by atoms with Crippen molar-refractivity contribution in [3.63, 3.8) is 0 Å². The van der Waals surface area contributed by atoms with Crippen LogP contribution in [0.15, 0.2) is 53.3 Å². The Kier molecular flexibility index (Phi) is 7.49. The molecule has 0 spiro atoms. The summed E-state index contributed by atoms with van der Waals surface area (Å²) in [7, 11) is 0. The van der Waals surface area contributed by atoms with Crippen LogP contribution in [0.1, 0.15) is 56.7 Å². The van der Waals surface area contributed by atoms with Gasteiger partial charge in [-0.05, 0) is 68.7 Å². The van der Waals surface area contributed by atoms with Crippen LogP contribution in [0.3, 0.4) is 0 Å². The molecule has 4 aromatic rings. The van der Waals surface area contributed by atoms with E-state index in [1.807, 2.05) is 26.0 Å². The summed E-state index contributed by atoms with van der Waals surface area (Å²) in [4.78, 5) is 44.4. The van der Waals surface area contributed by atoms with E-state index in [4.69, 9.17) is 4.74 Å². The lowest BCUT2D eigenvalue weighted by atomic mass is 10.1. The molecule has 0 unspecified atom stereocenters. The number of thiazole rings is 1. The van der Waals surface area contributed by atoms with E-state index >= 15 is 0 Å². The Hall–Kier alpha value is -3.98. The quantitative estimate of drug-likeness (QED) is 0.314. The molecule has 4 rings (SSSR count). The summed E-state index contributed by atoms with van der Waals surface area (Å²) in [5, 5.41) is 5.68. The number of carbonyl (C=O) groups excluding carboxylic acids is 2. The molecule has 0 atom stereocenters. The van der Waals surface area contributed by atoms with Crippen molar-refractivity contribution in [1.29, 1.82) is 0 Å². The Balaban J connectivity index is 1.68. The number of benzene rings is 2. The number of amides is 2. The standard InChI is InChI=1S/C27H28N4O4S/c1-5-6-14-35-20-12-10-19(11-13-20)29-25(33)23-24(36-27-28-17(3)15-22(32)31(23)27)26(34)30-21-9-7-8-16(2)18(21)4/h7-13,15H,5-6,14H2,1-4H3,(H,29,33)(H,30,34). The SMILES string of the molecule is CCCCOc1ccc(NC(=O)c2c(C(=O)Nc3cccc(C)c3C)sc3nc(C)cc(=O)n23)cc1. The minimum Gasteiger partial charge on any atom is -0.494 e. The lowest BCUT2D eigenvalue weighted by molar-refractivity contribution is 0.0989. The number of carbonyl (C=O) groups is 2. The van der Waals surface area contributed by atoms with E-state index in [1.54, 1.807) is 37.3 Å². The summed E-state index contributed by atoms with van der Waals surface area (Å²) < 4.78 is 6.86. The van der Waals surface area contributed by atoms with Crippen molar-refractivity contribution in [3.05, 3.63) is 86.3 Å². The average molecular weight is 505 g/mol. The van der Waals surface area contributed by atoms with Crippen LogP contribution in [0.2, 0.25) is 0 Å². The Morgan fingerprint density at radius 2 is 1.78 bits per heavy atom. The first-order chi connectivity index (χ1) is 17.3. The maximum Gasteiger partial charge on any atom is 0.274 e. The van der Waals surface area contributed by atoms with E-state index in [0.717, 1.165) is 35.3 Å². The second-order valence-electron chi connectivity index (χ2n) is 8.52.